The largest absolute Gasteiger partial charge is 0.488 e. The van der Waals surface area contributed by atoms with Gasteiger partial charge in [-0.25, -0.2) is 13.4 Å². The molecule has 2 atom stereocenters. The van der Waals surface area contributed by atoms with Crippen molar-refractivity contribution in [1.82, 2.24) is 20.0 Å². The van der Waals surface area contributed by atoms with E-state index in [4.69, 9.17) is 26.6 Å². The Morgan fingerprint density at radius 3 is 2.60 bits per heavy atom. The second-order valence-electron chi connectivity index (χ2n) is 11.6. The first-order valence-corrected chi connectivity index (χ1v) is 16.5. The summed E-state index contributed by atoms with van der Waals surface area (Å²) in [5.41, 5.74) is 3.42. The predicted octanol–water partition coefficient (Wildman–Crippen LogP) is 3.75. The summed E-state index contributed by atoms with van der Waals surface area (Å²) in [5.74, 6) is 1.37. The SMILES string of the molecule is Cc1cc(NC2N=C(Nc3cn(C)nc3S(=O)(=O)C(C)C)C(Cl)=CN2)c(OC2CC2)cc1C1CCN(C(O)CC#N)CC1. The van der Waals surface area contributed by atoms with Gasteiger partial charge in [-0.15, -0.1) is 0 Å². The lowest BCUT2D eigenvalue weighted by molar-refractivity contribution is -0.00729. The van der Waals surface area contributed by atoms with Crippen molar-refractivity contribution in [3.05, 3.63) is 40.7 Å². The molecule has 3 heterocycles. The normalized spacial score (nSPS) is 20.6. The van der Waals surface area contributed by atoms with Crippen LogP contribution in [-0.4, -0.2) is 71.0 Å². The summed E-state index contributed by atoms with van der Waals surface area (Å²) in [4.78, 5) is 6.66. The fourth-order valence-electron chi connectivity index (χ4n) is 5.32. The van der Waals surface area contributed by atoms with Gasteiger partial charge in [0.15, 0.2) is 6.29 Å². The number of benzene rings is 1. The van der Waals surface area contributed by atoms with Gasteiger partial charge < -0.3 is 25.8 Å². The van der Waals surface area contributed by atoms with E-state index in [1.165, 1.54) is 10.2 Å². The molecule has 0 spiro atoms. The van der Waals surface area contributed by atoms with Crippen LogP contribution >= 0.6 is 11.6 Å². The Labute approximate surface area is 257 Å². The first-order chi connectivity index (χ1) is 20.5. The second kappa shape index (κ2) is 12.7. The van der Waals surface area contributed by atoms with E-state index in [-0.39, 0.29) is 17.6 Å². The molecule has 2 fully saturated rings. The average molecular weight is 631 g/mol. The molecule has 5 rings (SSSR count). The second-order valence-corrected chi connectivity index (χ2v) is 14.4. The molecular weight excluding hydrogens is 592 g/mol. The molecule has 1 saturated carbocycles. The summed E-state index contributed by atoms with van der Waals surface area (Å²) in [5, 5.41) is 32.6. The third kappa shape index (κ3) is 7.09. The molecule has 2 aliphatic heterocycles. The van der Waals surface area contributed by atoms with Gasteiger partial charge >= 0.3 is 0 Å². The standard InChI is InChI=1S/C29H39ClN8O4S/c1-17(2)43(40,41)28-24(16-37(4)36-28)33-27-22(30)15-32-29(35-27)34-23-13-18(3)21(14-25(23)42-20-5-6-20)19-8-11-38(12-9-19)26(39)7-10-31/h13-17,19-20,26,29,32,34,39H,5-9,11-12H2,1-4H3,(H,33,35). The van der Waals surface area contributed by atoms with Crippen molar-refractivity contribution < 1.29 is 18.3 Å². The van der Waals surface area contributed by atoms with Crippen LogP contribution in [0.1, 0.15) is 63.0 Å². The molecule has 1 aliphatic carbocycles. The van der Waals surface area contributed by atoms with Crippen LogP contribution in [0, 0.1) is 18.3 Å². The van der Waals surface area contributed by atoms with Crippen LogP contribution in [0.4, 0.5) is 11.4 Å². The molecule has 4 N–H and O–H groups in total. The van der Waals surface area contributed by atoms with Gasteiger partial charge in [0.25, 0.3) is 0 Å². The maximum absolute atomic E-state index is 12.9. The highest BCUT2D eigenvalue weighted by Gasteiger charge is 2.30. The first-order valence-electron chi connectivity index (χ1n) is 14.6. The van der Waals surface area contributed by atoms with E-state index in [1.807, 2.05) is 11.0 Å². The zero-order valence-electron chi connectivity index (χ0n) is 24.8. The molecule has 1 saturated heterocycles. The van der Waals surface area contributed by atoms with Crippen LogP contribution in [0.25, 0.3) is 0 Å². The van der Waals surface area contributed by atoms with Gasteiger partial charge in [-0.2, -0.15) is 10.4 Å². The lowest BCUT2D eigenvalue weighted by Gasteiger charge is -2.35. The van der Waals surface area contributed by atoms with Gasteiger partial charge in [0.2, 0.25) is 14.9 Å². The smallest absolute Gasteiger partial charge is 0.201 e. The lowest BCUT2D eigenvalue weighted by Crippen LogP contribution is -2.40. The van der Waals surface area contributed by atoms with Crippen molar-refractivity contribution in [3.63, 3.8) is 0 Å². The Kier molecular flexibility index (Phi) is 9.22. The molecule has 2 unspecified atom stereocenters. The van der Waals surface area contributed by atoms with Crippen molar-refractivity contribution in [3.8, 4) is 11.8 Å². The number of ether oxygens (including phenoxy) is 1. The molecule has 1 aromatic heterocycles. The summed E-state index contributed by atoms with van der Waals surface area (Å²) in [6.45, 7) is 6.76. The first kappa shape index (κ1) is 31.1. The molecule has 2 aromatic rings. The summed E-state index contributed by atoms with van der Waals surface area (Å²) in [6, 6.07) is 6.24. The lowest BCUT2D eigenvalue weighted by atomic mass is 9.86. The van der Waals surface area contributed by atoms with E-state index in [0.717, 1.165) is 55.8 Å². The number of sulfone groups is 1. The Hall–Kier alpha value is -3.31. The van der Waals surface area contributed by atoms with Crippen LogP contribution in [0.2, 0.25) is 0 Å². The van der Waals surface area contributed by atoms with Crippen molar-refractivity contribution in [2.24, 2.45) is 12.0 Å². The Bertz CT molecular complexity index is 1550. The number of nitrogens with one attached hydrogen (secondary N) is 3. The summed E-state index contributed by atoms with van der Waals surface area (Å²) in [6.07, 6.45) is 5.95. The van der Waals surface area contributed by atoms with E-state index in [9.17, 15) is 13.5 Å². The molecule has 43 heavy (non-hydrogen) atoms. The van der Waals surface area contributed by atoms with Crippen LogP contribution in [0.15, 0.2) is 39.6 Å². The Balaban J connectivity index is 1.35. The molecule has 12 nitrogen and oxygen atoms in total. The van der Waals surface area contributed by atoms with Gasteiger partial charge in [0, 0.05) is 32.5 Å². The average Bonchev–Trinajstić information content (AvgIpc) is 3.71. The van der Waals surface area contributed by atoms with Crippen molar-refractivity contribution in [1.29, 1.82) is 5.26 Å². The highest BCUT2D eigenvalue weighted by Crippen LogP contribution is 2.39. The monoisotopic (exact) mass is 630 g/mol. The summed E-state index contributed by atoms with van der Waals surface area (Å²) in [7, 11) is -1.99. The molecule has 232 valence electrons. The number of hydrogen-bond donors (Lipinski definition) is 4. The number of aliphatic imine (C=N–C) groups is 1. The number of nitrogens with zero attached hydrogens (tertiary/aromatic N) is 5. The van der Waals surface area contributed by atoms with Crippen LogP contribution < -0.4 is 20.7 Å². The van der Waals surface area contributed by atoms with Gasteiger partial charge in [0.05, 0.1) is 40.3 Å². The van der Waals surface area contributed by atoms with Gasteiger partial charge in [0.1, 0.15) is 17.8 Å². The maximum Gasteiger partial charge on any atom is 0.201 e. The van der Waals surface area contributed by atoms with Crippen LogP contribution in [0.5, 0.6) is 5.75 Å². The minimum absolute atomic E-state index is 0.0584. The maximum atomic E-state index is 12.9. The molecular formula is C29H39ClN8O4S. The minimum atomic E-state index is -3.64. The summed E-state index contributed by atoms with van der Waals surface area (Å²) >= 11 is 6.47. The van der Waals surface area contributed by atoms with E-state index < -0.39 is 27.6 Å². The van der Waals surface area contributed by atoms with Crippen LogP contribution in [-0.2, 0) is 16.9 Å². The van der Waals surface area contributed by atoms with E-state index >= 15 is 0 Å². The highest BCUT2D eigenvalue weighted by atomic mass is 35.5. The molecule has 14 heteroatoms. The third-order valence-electron chi connectivity index (χ3n) is 7.93. The number of amidine groups is 1. The molecule has 0 bridgehead atoms. The number of aryl methyl sites for hydroxylation is 2. The zero-order valence-corrected chi connectivity index (χ0v) is 26.4. The quantitative estimate of drug-likeness (QED) is 0.305. The number of rotatable bonds is 10. The summed E-state index contributed by atoms with van der Waals surface area (Å²) < 4.78 is 33.6. The fraction of sp³-hybridized carbons (Fsp3) is 0.552. The molecule has 0 amide bonds. The topological polar surface area (TPSA) is 157 Å². The third-order valence-corrected chi connectivity index (χ3v) is 10.3. The van der Waals surface area contributed by atoms with Crippen LogP contribution in [0.3, 0.4) is 0 Å². The molecule has 1 aromatic carbocycles. The van der Waals surface area contributed by atoms with E-state index in [1.54, 1.807) is 33.3 Å². The number of aliphatic hydroxyl groups excluding tert-OH is 1. The zero-order chi connectivity index (χ0) is 30.9. The number of anilines is 2. The number of piperidine rings is 1. The number of likely N-dealkylation sites (tertiary alicyclic amines) is 1. The predicted molar refractivity (Wildman–Crippen MR) is 166 cm³/mol. The van der Waals surface area contributed by atoms with Crippen molar-refractivity contribution in [2.75, 3.05) is 23.7 Å². The highest BCUT2D eigenvalue weighted by molar-refractivity contribution is 7.92. The number of hydrogen-bond acceptors (Lipinski definition) is 11. The molecule has 3 aliphatic rings. The number of nitriles is 1. The van der Waals surface area contributed by atoms with Gasteiger partial charge in [-0.3, -0.25) is 9.58 Å². The Morgan fingerprint density at radius 2 is 1.95 bits per heavy atom. The van der Waals surface area contributed by atoms with Gasteiger partial charge in [-0.1, -0.05) is 11.6 Å². The van der Waals surface area contributed by atoms with E-state index in [2.05, 4.69) is 40.1 Å². The van der Waals surface area contributed by atoms with Crippen molar-refractivity contribution in [2.45, 2.75) is 87.7 Å². The minimum Gasteiger partial charge on any atom is -0.488 e. The molecule has 0 radical (unpaired) electrons. The Morgan fingerprint density at radius 1 is 1.23 bits per heavy atom. The van der Waals surface area contributed by atoms with E-state index in [0.29, 0.717) is 22.5 Å². The van der Waals surface area contributed by atoms with Crippen molar-refractivity contribution >= 4 is 38.6 Å². The number of halogens is 1. The van der Waals surface area contributed by atoms with Gasteiger partial charge in [-0.05, 0) is 75.6 Å². The number of aromatic nitrogens is 2. The number of aliphatic hydroxyl groups is 1. The fourth-order valence-corrected chi connectivity index (χ4v) is 6.57.